The highest BCUT2D eigenvalue weighted by molar-refractivity contribution is 7.21. The van der Waals surface area contributed by atoms with E-state index in [0.717, 1.165) is 32.3 Å². The average Bonchev–Trinajstić information content (AvgIpc) is 3.09. The highest BCUT2D eigenvalue weighted by Gasteiger charge is 2.16. The van der Waals surface area contributed by atoms with Crippen LogP contribution in [-0.4, -0.2) is 58.0 Å². The van der Waals surface area contributed by atoms with Gasteiger partial charge in [-0.2, -0.15) is 0 Å². The summed E-state index contributed by atoms with van der Waals surface area (Å²) in [5, 5.41) is 15.7. The summed E-state index contributed by atoms with van der Waals surface area (Å²) in [5.41, 5.74) is 2.63. The highest BCUT2D eigenvalue weighted by Crippen LogP contribution is 2.32. The van der Waals surface area contributed by atoms with Crippen molar-refractivity contribution in [2.75, 3.05) is 44.0 Å². The van der Waals surface area contributed by atoms with Crippen LogP contribution in [0.3, 0.4) is 0 Å². The summed E-state index contributed by atoms with van der Waals surface area (Å²) in [6, 6.07) is 0. The van der Waals surface area contributed by atoms with Crippen LogP contribution in [0.1, 0.15) is 0 Å². The van der Waals surface area contributed by atoms with Crippen molar-refractivity contribution in [3.8, 4) is 0 Å². The Labute approximate surface area is 131 Å². The van der Waals surface area contributed by atoms with Crippen molar-refractivity contribution in [3.63, 3.8) is 0 Å². The monoisotopic (exact) mass is 322 g/mol. The van der Waals surface area contributed by atoms with E-state index in [-0.39, 0.29) is 6.61 Å². The predicted molar refractivity (Wildman–Crippen MR) is 87.6 cm³/mol. The van der Waals surface area contributed by atoms with E-state index in [1.54, 1.807) is 6.33 Å². The number of rotatable bonds is 7. The second kappa shape index (κ2) is 6.42. The Bertz CT molecular complexity index is 784. The topological polar surface area (TPSA) is 97.1 Å². The molecule has 3 aromatic heterocycles. The number of aryl methyl sites for hydroxylation is 1. The minimum atomic E-state index is 0.0380. The molecule has 0 amide bonds. The van der Waals surface area contributed by atoms with E-state index in [4.69, 9.17) is 9.84 Å². The Morgan fingerprint density at radius 1 is 1.32 bits per heavy atom. The first kappa shape index (κ1) is 14.9. The molecule has 0 bridgehead atoms. The van der Waals surface area contributed by atoms with Crippen LogP contribution in [0, 0.1) is 0 Å². The van der Waals surface area contributed by atoms with Crippen molar-refractivity contribution in [1.82, 2.24) is 19.5 Å². The number of aliphatic hydroxyl groups excluding tert-OH is 1. The number of hydrogen-bond acceptors (Lipinski definition) is 8. The fourth-order valence-corrected chi connectivity index (χ4v) is 3.10. The quantitative estimate of drug-likeness (QED) is 0.559. The Kier molecular flexibility index (Phi) is 4.36. The number of hydrogen-bond donors (Lipinski definition) is 3. The molecule has 0 spiro atoms. The fourth-order valence-electron chi connectivity index (χ4n) is 2.23. The Morgan fingerprint density at radius 3 is 2.95 bits per heavy atom. The molecule has 118 valence electrons. The molecular formula is C13H18N6O2S. The number of nitrogens with one attached hydrogen (secondary N) is 2. The molecule has 22 heavy (non-hydrogen) atoms. The van der Waals surface area contributed by atoms with Gasteiger partial charge < -0.3 is 25.0 Å². The van der Waals surface area contributed by atoms with E-state index in [2.05, 4.69) is 25.6 Å². The molecule has 0 unspecified atom stereocenters. The zero-order valence-electron chi connectivity index (χ0n) is 12.5. The minimum Gasteiger partial charge on any atom is -0.394 e. The first-order chi connectivity index (χ1) is 10.7. The first-order valence-electron chi connectivity index (χ1n) is 6.96. The van der Waals surface area contributed by atoms with Gasteiger partial charge in [-0.15, -0.1) is 0 Å². The molecule has 0 saturated carbocycles. The number of aromatic nitrogens is 4. The van der Waals surface area contributed by atoms with Crippen LogP contribution in [0.2, 0.25) is 0 Å². The molecule has 8 nitrogen and oxygen atoms in total. The van der Waals surface area contributed by atoms with Gasteiger partial charge in [0.2, 0.25) is 0 Å². The van der Waals surface area contributed by atoms with Crippen LogP contribution >= 0.6 is 11.3 Å². The van der Waals surface area contributed by atoms with Gasteiger partial charge in [0, 0.05) is 20.6 Å². The molecule has 3 aromatic rings. The number of thiazole rings is 1. The van der Waals surface area contributed by atoms with Gasteiger partial charge in [-0.1, -0.05) is 11.3 Å². The normalized spacial score (nSPS) is 11.4. The number of anilines is 2. The van der Waals surface area contributed by atoms with Crippen molar-refractivity contribution in [2.45, 2.75) is 0 Å². The summed E-state index contributed by atoms with van der Waals surface area (Å²) >= 11 is 1.50. The van der Waals surface area contributed by atoms with Crippen molar-refractivity contribution in [1.29, 1.82) is 0 Å². The lowest BCUT2D eigenvalue weighted by Gasteiger charge is -2.02. The SMILES string of the molecule is CNc1nc2sc(NCCOCCO)nc2c2c1ncn2C. The third kappa shape index (κ3) is 2.70. The summed E-state index contributed by atoms with van der Waals surface area (Å²) < 4.78 is 7.17. The number of fused-ring (bicyclic) bond motifs is 3. The average molecular weight is 322 g/mol. The zero-order chi connectivity index (χ0) is 15.5. The molecule has 0 atom stereocenters. The number of nitrogens with zero attached hydrogens (tertiary/aromatic N) is 4. The summed E-state index contributed by atoms with van der Waals surface area (Å²) in [4.78, 5) is 14.4. The molecule has 0 aromatic carbocycles. The number of pyridine rings is 1. The molecule has 9 heteroatoms. The van der Waals surface area contributed by atoms with Crippen molar-refractivity contribution in [3.05, 3.63) is 6.33 Å². The molecule has 0 saturated heterocycles. The van der Waals surface area contributed by atoms with Crippen LogP contribution in [0.25, 0.3) is 21.4 Å². The van der Waals surface area contributed by atoms with E-state index < -0.39 is 0 Å². The minimum absolute atomic E-state index is 0.0380. The fraction of sp³-hybridized carbons (Fsp3) is 0.462. The maximum absolute atomic E-state index is 8.66. The van der Waals surface area contributed by atoms with Crippen molar-refractivity contribution in [2.24, 2.45) is 7.05 Å². The van der Waals surface area contributed by atoms with Crippen LogP contribution in [0.5, 0.6) is 0 Å². The molecule has 0 aliphatic rings. The van der Waals surface area contributed by atoms with Gasteiger partial charge in [0.25, 0.3) is 0 Å². The van der Waals surface area contributed by atoms with E-state index in [1.165, 1.54) is 11.3 Å². The Hall–Kier alpha value is -1.97. The third-order valence-corrected chi connectivity index (χ3v) is 4.11. The summed E-state index contributed by atoms with van der Waals surface area (Å²) in [5.74, 6) is 0.754. The lowest BCUT2D eigenvalue weighted by molar-refractivity contribution is 0.0992. The number of imidazole rings is 1. The summed E-state index contributed by atoms with van der Waals surface area (Å²) in [6.07, 6.45) is 1.77. The van der Waals surface area contributed by atoms with E-state index in [0.29, 0.717) is 19.8 Å². The van der Waals surface area contributed by atoms with E-state index in [9.17, 15) is 0 Å². The molecule has 3 N–H and O–H groups in total. The Morgan fingerprint density at radius 2 is 2.18 bits per heavy atom. The zero-order valence-corrected chi connectivity index (χ0v) is 13.3. The molecule has 3 heterocycles. The maximum Gasteiger partial charge on any atom is 0.185 e. The van der Waals surface area contributed by atoms with Gasteiger partial charge in [-0.25, -0.2) is 15.0 Å². The molecule has 0 aliphatic carbocycles. The van der Waals surface area contributed by atoms with E-state index in [1.807, 2.05) is 18.7 Å². The van der Waals surface area contributed by atoms with Gasteiger partial charge in [-0.3, -0.25) is 0 Å². The number of ether oxygens (including phenoxy) is 1. The summed E-state index contributed by atoms with van der Waals surface area (Å²) in [7, 11) is 3.78. The lowest BCUT2D eigenvalue weighted by atomic mass is 10.3. The second-order valence-corrected chi connectivity index (χ2v) is 5.68. The smallest absolute Gasteiger partial charge is 0.185 e. The second-order valence-electron chi connectivity index (χ2n) is 4.70. The predicted octanol–water partition coefficient (Wildman–Crippen LogP) is 1.04. The molecule has 0 radical (unpaired) electrons. The third-order valence-electron chi connectivity index (χ3n) is 3.20. The van der Waals surface area contributed by atoms with Crippen molar-refractivity contribution < 1.29 is 9.84 Å². The molecule has 0 fully saturated rings. The number of aliphatic hydroxyl groups is 1. The highest BCUT2D eigenvalue weighted by atomic mass is 32.1. The lowest BCUT2D eigenvalue weighted by Crippen LogP contribution is -2.11. The molecule has 3 rings (SSSR count). The van der Waals surface area contributed by atoms with Gasteiger partial charge in [0.1, 0.15) is 21.4 Å². The van der Waals surface area contributed by atoms with Gasteiger partial charge in [-0.05, 0) is 0 Å². The van der Waals surface area contributed by atoms with Gasteiger partial charge in [0.15, 0.2) is 10.9 Å². The van der Waals surface area contributed by atoms with Crippen LogP contribution in [-0.2, 0) is 11.8 Å². The standard InChI is InChI=1S/C13H18N6O2S/c1-14-11-8-10(19(2)7-16-8)9-12(18-11)22-13(17-9)15-3-5-21-6-4-20/h7,20H,3-6H2,1-2H3,(H,14,18)(H,15,17). The van der Waals surface area contributed by atoms with E-state index >= 15 is 0 Å². The summed E-state index contributed by atoms with van der Waals surface area (Å²) in [6.45, 7) is 1.54. The molecule has 0 aliphatic heterocycles. The van der Waals surface area contributed by atoms with Gasteiger partial charge in [0.05, 0.1) is 26.1 Å². The largest absolute Gasteiger partial charge is 0.394 e. The molecular weight excluding hydrogens is 304 g/mol. The van der Waals surface area contributed by atoms with Crippen LogP contribution in [0.4, 0.5) is 10.9 Å². The Balaban J connectivity index is 1.89. The van der Waals surface area contributed by atoms with Crippen LogP contribution in [0.15, 0.2) is 6.33 Å². The van der Waals surface area contributed by atoms with Crippen molar-refractivity contribution >= 4 is 43.7 Å². The van der Waals surface area contributed by atoms with Gasteiger partial charge >= 0.3 is 0 Å². The van der Waals surface area contributed by atoms with Crippen LogP contribution < -0.4 is 10.6 Å². The first-order valence-corrected chi connectivity index (χ1v) is 7.78. The maximum atomic E-state index is 8.66.